The van der Waals surface area contributed by atoms with E-state index in [-0.39, 0.29) is 0 Å². The fourth-order valence-electron chi connectivity index (χ4n) is 3.45. The van der Waals surface area contributed by atoms with Crippen molar-refractivity contribution < 1.29 is 14.2 Å². The summed E-state index contributed by atoms with van der Waals surface area (Å²) in [6.07, 6.45) is 3.55. The predicted octanol–water partition coefficient (Wildman–Crippen LogP) is 1.79. The molecule has 0 spiro atoms. The zero-order valence-corrected chi connectivity index (χ0v) is 18.1. The Bertz CT molecular complexity index is 838. The zero-order chi connectivity index (χ0) is 21.3. The molecule has 0 atom stereocenters. The lowest BCUT2D eigenvalue weighted by Gasteiger charge is -2.36. The third-order valence-electron chi connectivity index (χ3n) is 4.93. The van der Waals surface area contributed by atoms with Crippen molar-refractivity contribution in [3.8, 4) is 17.2 Å². The number of hydrogen-bond donors (Lipinski definition) is 1. The van der Waals surface area contributed by atoms with Crippen LogP contribution in [0.3, 0.4) is 0 Å². The van der Waals surface area contributed by atoms with Gasteiger partial charge in [-0.05, 0) is 25.1 Å². The SMILES string of the molecule is CCNC(=NCc1ccc(OC)c(OC)c1OC)N1CCN(c2ncccn2)CC1. The van der Waals surface area contributed by atoms with Gasteiger partial charge in [-0.2, -0.15) is 0 Å². The van der Waals surface area contributed by atoms with Crippen LogP contribution in [0.5, 0.6) is 17.2 Å². The molecular formula is C21H30N6O3. The minimum absolute atomic E-state index is 0.466. The summed E-state index contributed by atoms with van der Waals surface area (Å²) in [5, 5.41) is 3.40. The van der Waals surface area contributed by atoms with Gasteiger partial charge in [0.25, 0.3) is 0 Å². The van der Waals surface area contributed by atoms with Gasteiger partial charge in [0.15, 0.2) is 17.5 Å². The molecule has 1 aliphatic heterocycles. The fourth-order valence-corrected chi connectivity index (χ4v) is 3.45. The van der Waals surface area contributed by atoms with Crippen LogP contribution in [-0.4, -0.2) is 74.9 Å². The van der Waals surface area contributed by atoms with Crippen molar-refractivity contribution in [2.24, 2.45) is 4.99 Å². The Hall–Kier alpha value is -3.23. The van der Waals surface area contributed by atoms with E-state index in [1.165, 1.54) is 0 Å². The largest absolute Gasteiger partial charge is 0.493 e. The Labute approximate surface area is 177 Å². The summed E-state index contributed by atoms with van der Waals surface area (Å²) in [5.74, 6) is 3.50. The predicted molar refractivity (Wildman–Crippen MR) is 117 cm³/mol. The summed E-state index contributed by atoms with van der Waals surface area (Å²) >= 11 is 0. The monoisotopic (exact) mass is 414 g/mol. The van der Waals surface area contributed by atoms with Gasteiger partial charge in [-0.15, -0.1) is 0 Å². The molecule has 1 N–H and O–H groups in total. The van der Waals surface area contributed by atoms with Crippen LogP contribution in [0.4, 0.5) is 5.95 Å². The summed E-state index contributed by atoms with van der Waals surface area (Å²) in [6.45, 7) is 6.70. The van der Waals surface area contributed by atoms with Gasteiger partial charge in [0.1, 0.15) is 0 Å². The fraction of sp³-hybridized carbons (Fsp3) is 0.476. The second-order valence-corrected chi connectivity index (χ2v) is 6.69. The molecule has 9 heteroatoms. The number of nitrogens with one attached hydrogen (secondary N) is 1. The topological polar surface area (TPSA) is 84.3 Å². The molecule has 9 nitrogen and oxygen atoms in total. The summed E-state index contributed by atoms with van der Waals surface area (Å²) < 4.78 is 16.4. The van der Waals surface area contributed by atoms with Crippen LogP contribution in [0.25, 0.3) is 0 Å². The molecule has 0 bridgehead atoms. The van der Waals surface area contributed by atoms with Crippen molar-refractivity contribution in [1.82, 2.24) is 20.2 Å². The van der Waals surface area contributed by atoms with Crippen LogP contribution in [0, 0.1) is 0 Å². The first kappa shape index (κ1) is 21.5. The number of rotatable bonds is 7. The second-order valence-electron chi connectivity index (χ2n) is 6.69. The Morgan fingerprint density at radius 3 is 2.30 bits per heavy atom. The molecule has 0 saturated carbocycles. The molecule has 162 valence electrons. The quantitative estimate of drug-likeness (QED) is 0.542. The van der Waals surface area contributed by atoms with E-state index < -0.39 is 0 Å². The van der Waals surface area contributed by atoms with E-state index in [0.29, 0.717) is 23.8 Å². The molecular weight excluding hydrogens is 384 g/mol. The molecule has 2 aromatic rings. The van der Waals surface area contributed by atoms with Crippen molar-refractivity contribution >= 4 is 11.9 Å². The van der Waals surface area contributed by atoms with E-state index in [2.05, 4.69) is 32.0 Å². The number of aliphatic imine (C=N–C) groups is 1. The smallest absolute Gasteiger partial charge is 0.225 e. The number of methoxy groups -OCH3 is 3. The van der Waals surface area contributed by atoms with E-state index in [1.807, 2.05) is 18.2 Å². The number of ether oxygens (including phenoxy) is 3. The average Bonchev–Trinajstić information content (AvgIpc) is 2.81. The van der Waals surface area contributed by atoms with Crippen molar-refractivity contribution in [2.45, 2.75) is 13.5 Å². The molecule has 1 aromatic heterocycles. The summed E-state index contributed by atoms with van der Waals surface area (Å²) in [5.41, 5.74) is 0.932. The van der Waals surface area contributed by atoms with Crippen LogP contribution >= 0.6 is 0 Å². The Morgan fingerprint density at radius 2 is 1.70 bits per heavy atom. The minimum Gasteiger partial charge on any atom is -0.493 e. The lowest BCUT2D eigenvalue weighted by Crippen LogP contribution is -2.52. The van der Waals surface area contributed by atoms with Crippen LogP contribution < -0.4 is 24.4 Å². The highest BCUT2D eigenvalue weighted by Crippen LogP contribution is 2.40. The Morgan fingerprint density at radius 1 is 1.00 bits per heavy atom. The van der Waals surface area contributed by atoms with Crippen molar-refractivity contribution in [3.63, 3.8) is 0 Å². The maximum atomic E-state index is 5.58. The Kier molecular flexibility index (Phi) is 7.53. The number of aromatic nitrogens is 2. The van der Waals surface area contributed by atoms with Crippen molar-refractivity contribution in [1.29, 1.82) is 0 Å². The van der Waals surface area contributed by atoms with Crippen LogP contribution in [0.2, 0.25) is 0 Å². The van der Waals surface area contributed by atoms with Gasteiger partial charge in [-0.1, -0.05) is 0 Å². The number of hydrogen-bond acceptors (Lipinski definition) is 7. The first-order valence-electron chi connectivity index (χ1n) is 10.0. The van der Waals surface area contributed by atoms with Crippen LogP contribution in [0.15, 0.2) is 35.6 Å². The highest BCUT2D eigenvalue weighted by Gasteiger charge is 2.21. The number of nitrogens with zero attached hydrogens (tertiary/aromatic N) is 5. The van der Waals surface area contributed by atoms with Crippen LogP contribution in [-0.2, 0) is 6.54 Å². The highest BCUT2D eigenvalue weighted by molar-refractivity contribution is 5.80. The van der Waals surface area contributed by atoms with Gasteiger partial charge < -0.3 is 29.3 Å². The van der Waals surface area contributed by atoms with E-state index in [9.17, 15) is 0 Å². The van der Waals surface area contributed by atoms with E-state index >= 15 is 0 Å². The average molecular weight is 415 g/mol. The van der Waals surface area contributed by atoms with Gasteiger partial charge in [0.2, 0.25) is 11.7 Å². The molecule has 1 saturated heterocycles. The first-order valence-corrected chi connectivity index (χ1v) is 10.0. The van der Waals surface area contributed by atoms with Crippen molar-refractivity contribution in [2.75, 3.05) is 59.0 Å². The van der Waals surface area contributed by atoms with Gasteiger partial charge in [0.05, 0.1) is 27.9 Å². The number of guanidine groups is 1. The Balaban J connectivity index is 1.73. The molecule has 0 amide bonds. The highest BCUT2D eigenvalue weighted by atomic mass is 16.5. The normalized spacial score (nSPS) is 14.5. The first-order chi connectivity index (χ1) is 14.7. The summed E-state index contributed by atoms with van der Waals surface area (Å²) in [6, 6.07) is 5.66. The van der Waals surface area contributed by atoms with E-state index in [1.54, 1.807) is 33.7 Å². The van der Waals surface area contributed by atoms with Gasteiger partial charge >= 0.3 is 0 Å². The van der Waals surface area contributed by atoms with E-state index in [0.717, 1.165) is 50.2 Å². The number of anilines is 1. The molecule has 30 heavy (non-hydrogen) atoms. The molecule has 0 unspecified atom stereocenters. The second kappa shape index (κ2) is 10.5. The minimum atomic E-state index is 0.466. The molecule has 0 radical (unpaired) electrons. The molecule has 2 heterocycles. The third-order valence-corrected chi connectivity index (χ3v) is 4.93. The number of piperazine rings is 1. The van der Waals surface area contributed by atoms with E-state index in [4.69, 9.17) is 19.2 Å². The summed E-state index contributed by atoms with van der Waals surface area (Å²) in [7, 11) is 4.84. The molecule has 1 fully saturated rings. The molecule has 1 aliphatic rings. The zero-order valence-electron chi connectivity index (χ0n) is 18.1. The standard InChI is InChI=1S/C21H30N6O3/c1-5-22-20(26-11-13-27(14-12-26)21-23-9-6-10-24-21)25-15-16-7-8-17(28-2)19(30-4)18(16)29-3/h6-10H,5,11-15H2,1-4H3,(H,22,25). The van der Waals surface area contributed by atoms with Gasteiger partial charge in [-0.25, -0.2) is 15.0 Å². The van der Waals surface area contributed by atoms with Gasteiger partial charge in [-0.3, -0.25) is 0 Å². The lowest BCUT2D eigenvalue weighted by molar-refractivity contribution is 0.322. The summed E-state index contributed by atoms with van der Waals surface area (Å²) in [4.78, 5) is 18.0. The lowest BCUT2D eigenvalue weighted by atomic mass is 10.1. The number of benzene rings is 1. The maximum Gasteiger partial charge on any atom is 0.225 e. The molecule has 1 aromatic carbocycles. The van der Waals surface area contributed by atoms with Crippen molar-refractivity contribution in [3.05, 3.63) is 36.2 Å². The van der Waals surface area contributed by atoms with Gasteiger partial charge in [0, 0.05) is 50.7 Å². The van der Waals surface area contributed by atoms with Crippen LogP contribution in [0.1, 0.15) is 12.5 Å². The molecule has 0 aliphatic carbocycles. The molecule has 3 rings (SSSR count). The third kappa shape index (κ3) is 4.84. The maximum absolute atomic E-state index is 5.58.